The number of carbonyl (C=O) groups is 2. The molecule has 1 fully saturated rings. The predicted octanol–water partition coefficient (Wildman–Crippen LogP) is 3.22. The third kappa shape index (κ3) is 3.79. The molecule has 1 aliphatic heterocycles. The lowest BCUT2D eigenvalue weighted by Crippen LogP contribution is -2.28. The number of anilines is 2. The minimum Gasteiger partial charge on any atom is -0.492 e. The SMILES string of the molecule is CCOc1ccccc1N1CC(C(=O)Nc2ccc(F)cc2)CC1=O. The molecule has 2 aromatic carbocycles. The Labute approximate surface area is 145 Å². The van der Waals surface area contributed by atoms with E-state index >= 15 is 0 Å². The number of carbonyl (C=O) groups excluding carboxylic acids is 2. The smallest absolute Gasteiger partial charge is 0.229 e. The standard InChI is InChI=1S/C19H19FN2O3/c1-2-25-17-6-4-3-5-16(17)22-12-13(11-18(22)23)19(24)21-15-9-7-14(20)8-10-15/h3-10,13H,2,11-12H2,1H3,(H,21,24). The van der Waals surface area contributed by atoms with Crippen molar-refractivity contribution in [3.8, 4) is 5.75 Å². The van der Waals surface area contributed by atoms with Crippen LogP contribution in [0.1, 0.15) is 13.3 Å². The van der Waals surface area contributed by atoms with E-state index in [9.17, 15) is 14.0 Å². The van der Waals surface area contributed by atoms with Crippen LogP contribution in [0.5, 0.6) is 5.75 Å². The highest BCUT2D eigenvalue weighted by Gasteiger charge is 2.36. The Kier molecular flexibility index (Phi) is 4.97. The molecule has 3 rings (SSSR count). The lowest BCUT2D eigenvalue weighted by atomic mass is 10.1. The normalized spacial score (nSPS) is 16.8. The quantitative estimate of drug-likeness (QED) is 0.908. The first-order valence-corrected chi connectivity index (χ1v) is 8.17. The lowest BCUT2D eigenvalue weighted by molar-refractivity contribution is -0.122. The highest BCUT2D eigenvalue weighted by Crippen LogP contribution is 2.33. The van der Waals surface area contributed by atoms with Crippen LogP contribution in [0.2, 0.25) is 0 Å². The fraction of sp³-hybridized carbons (Fsp3) is 0.263. The summed E-state index contributed by atoms with van der Waals surface area (Å²) in [7, 11) is 0. The monoisotopic (exact) mass is 342 g/mol. The number of amides is 2. The highest BCUT2D eigenvalue weighted by molar-refractivity contribution is 6.04. The third-order valence-corrected chi connectivity index (χ3v) is 4.06. The molecule has 0 radical (unpaired) electrons. The predicted molar refractivity (Wildman–Crippen MR) is 93.1 cm³/mol. The Bertz CT molecular complexity index is 776. The number of halogens is 1. The number of hydrogen-bond acceptors (Lipinski definition) is 3. The molecule has 5 nitrogen and oxygen atoms in total. The van der Waals surface area contributed by atoms with Crippen LogP contribution in [0.3, 0.4) is 0 Å². The molecule has 0 aliphatic carbocycles. The van der Waals surface area contributed by atoms with Crippen molar-refractivity contribution in [2.75, 3.05) is 23.4 Å². The van der Waals surface area contributed by atoms with Crippen molar-refractivity contribution in [1.82, 2.24) is 0 Å². The summed E-state index contributed by atoms with van der Waals surface area (Å²) < 4.78 is 18.5. The molecule has 6 heteroatoms. The van der Waals surface area contributed by atoms with E-state index in [1.165, 1.54) is 24.3 Å². The van der Waals surface area contributed by atoms with Gasteiger partial charge < -0.3 is 15.0 Å². The van der Waals surface area contributed by atoms with Crippen LogP contribution in [0.25, 0.3) is 0 Å². The van der Waals surface area contributed by atoms with Gasteiger partial charge in [0, 0.05) is 18.7 Å². The number of ether oxygens (including phenoxy) is 1. The zero-order valence-corrected chi connectivity index (χ0v) is 13.9. The summed E-state index contributed by atoms with van der Waals surface area (Å²) in [5.74, 6) is -0.583. The molecular formula is C19H19FN2O3. The third-order valence-electron chi connectivity index (χ3n) is 4.06. The lowest BCUT2D eigenvalue weighted by Gasteiger charge is -2.20. The fourth-order valence-electron chi connectivity index (χ4n) is 2.85. The summed E-state index contributed by atoms with van der Waals surface area (Å²) in [6, 6.07) is 12.8. The number of hydrogen-bond donors (Lipinski definition) is 1. The molecule has 2 aromatic rings. The van der Waals surface area contributed by atoms with Crippen LogP contribution in [-0.4, -0.2) is 25.0 Å². The van der Waals surface area contributed by atoms with Crippen molar-refractivity contribution < 1.29 is 18.7 Å². The zero-order valence-electron chi connectivity index (χ0n) is 13.9. The van der Waals surface area contributed by atoms with Crippen LogP contribution in [-0.2, 0) is 9.59 Å². The number of nitrogens with one attached hydrogen (secondary N) is 1. The first-order chi connectivity index (χ1) is 12.1. The maximum absolute atomic E-state index is 12.9. The van der Waals surface area contributed by atoms with Crippen molar-refractivity contribution in [2.24, 2.45) is 5.92 Å². The van der Waals surface area contributed by atoms with E-state index in [1.54, 1.807) is 11.0 Å². The van der Waals surface area contributed by atoms with Crippen LogP contribution in [0, 0.1) is 11.7 Å². The molecule has 1 unspecified atom stereocenters. The van der Waals surface area contributed by atoms with Gasteiger partial charge in [0.25, 0.3) is 0 Å². The Morgan fingerprint density at radius 3 is 2.68 bits per heavy atom. The van der Waals surface area contributed by atoms with E-state index in [0.717, 1.165) is 0 Å². The van der Waals surface area contributed by atoms with E-state index in [-0.39, 0.29) is 30.6 Å². The summed E-state index contributed by atoms with van der Waals surface area (Å²) in [6.45, 7) is 2.66. The molecule has 1 heterocycles. The van der Waals surface area contributed by atoms with Gasteiger partial charge in [0.05, 0.1) is 18.2 Å². The molecule has 2 amide bonds. The van der Waals surface area contributed by atoms with Gasteiger partial charge in [-0.1, -0.05) is 12.1 Å². The molecule has 0 spiro atoms. The van der Waals surface area contributed by atoms with Gasteiger partial charge in [-0.2, -0.15) is 0 Å². The minimum atomic E-state index is -0.466. The number of para-hydroxylation sites is 2. The molecule has 1 atom stereocenters. The Balaban J connectivity index is 1.72. The average molecular weight is 342 g/mol. The van der Waals surface area contributed by atoms with Gasteiger partial charge in [0.1, 0.15) is 11.6 Å². The number of nitrogens with zero attached hydrogens (tertiary/aromatic N) is 1. The van der Waals surface area contributed by atoms with Crippen LogP contribution >= 0.6 is 0 Å². The van der Waals surface area contributed by atoms with Crippen molar-refractivity contribution >= 4 is 23.2 Å². The first kappa shape index (κ1) is 17.0. The molecule has 1 aliphatic rings. The van der Waals surface area contributed by atoms with E-state index in [1.807, 2.05) is 25.1 Å². The second-order valence-electron chi connectivity index (χ2n) is 5.80. The topological polar surface area (TPSA) is 58.6 Å². The zero-order chi connectivity index (χ0) is 17.8. The molecule has 0 aromatic heterocycles. The maximum Gasteiger partial charge on any atom is 0.229 e. The summed E-state index contributed by atoms with van der Waals surface area (Å²) in [4.78, 5) is 26.4. The molecular weight excluding hydrogens is 323 g/mol. The van der Waals surface area contributed by atoms with Crippen molar-refractivity contribution in [1.29, 1.82) is 0 Å². The largest absolute Gasteiger partial charge is 0.492 e. The molecule has 1 N–H and O–H groups in total. The minimum absolute atomic E-state index is 0.119. The highest BCUT2D eigenvalue weighted by atomic mass is 19.1. The van der Waals surface area contributed by atoms with Crippen molar-refractivity contribution in [2.45, 2.75) is 13.3 Å². The van der Waals surface area contributed by atoms with E-state index in [2.05, 4.69) is 5.32 Å². The molecule has 0 saturated carbocycles. The van der Waals surface area contributed by atoms with Gasteiger partial charge in [0.15, 0.2) is 0 Å². The van der Waals surface area contributed by atoms with Crippen LogP contribution in [0.15, 0.2) is 48.5 Å². The van der Waals surface area contributed by atoms with Crippen LogP contribution in [0.4, 0.5) is 15.8 Å². The second kappa shape index (κ2) is 7.34. The molecule has 1 saturated heterocycles. The van der Waals surface area contributed by atoms with Gasteiger partial charge in [-0.05, 0) is 43.3 Å². The Hall–Kier alpha value is -2.89. The first-order valence-electron chi connectivity index (χ1n) is 8.17. The van der Waals surface area contributed by atoms with Crippen LogP contribution < -0.4 is 15.0 Å². The van der Waals surface area contributed by atoms with Gasteiger partial charge in [-0.3, -0.25) is 9.59 Å². The number of benzene rings is 2. The summed E-state index contributed by atoms with van der Waals surface area (Å²) in [5, 5.41) is 2.73. The summed E-state index contributed by atoms with van der Waals surface area (Å²) >= 11 is 0. The summed E-state index contributed by atoms with van der Waals surface area (Å²) in [5.41, 5.74) is 1.18. The second-order valence-corrected chi connectivity index (χ2v) is 5.80. The van der Waals surface area contributed by atoms with Gasteiger partial charge in [-0.25, -0.2) is 4.39 Å². The fourth-order valence-corrected chi connectivity index (χ4v) is 2.85. The molecule has 0 bridgehead atoms. The van der Waals surface area contributed by atoms with Gasteiger partial charge >= 0.3 is 0 Å². The maximum atomic E-state index is 12.9. The molecule has 25 heavy (non-hydrogen) atoms. The van der Waals surface area contributed by atoms with Gasteiger partial charge in [0.2, 0.25) is 11.8 Å². The van der Waals surface area contributed by atoms with E-state index in [0.29, 0.717) is 23.7 Å². The Morgan fingerprint density at radius 1 is 1.24 bits per heavy atom. The molecule has 130 valence electrons. The van der Waals surface area contributed by atoms with Gasteiger partial charge in [-0.15, -0.1) is 0 Å². The van der Waals surface area contributed by atoms with Crippen molar-refractivity contribution in [3.05, 3.63) is 54.3 Å². The Morgan fingerprint density at radius 2 is 1.96 bits per heavy atom. The van der Waals surface area contributed by atoms with E-state index < -0.39 is 5.92 Å². The van der Waals surface area contributed by atoms with Crippen molar-refractivity contribution in [3.63, 3.8) is 0 Å². The summed E-state index contributed by atoms with van der Waals surface area (Å²) in [6.07, 6.45) is 0.132. The number of rotatable bonds is 5. The van der Waals surface area contributed by atoms with E-state index in [4.69, 9.17) is 4.74 Å². The average Bonchev–Trinajstić information content (AvgIpc) is 2.99.